The second-order valence-corrected chi connectivity index (χ2v) is 8.57. The molecule has 0 saturated carbocycles. The number of aryl methyl sites for hydroxylation is 1. The van der Waals surface area contributed by atoms with Crippen LogP contribution in [0.5, 0.6) is 0 Å². The van der Waals surface area contributed by atoms with Crippen molar-refractivity contribution >= 4 is 62.8 Å². The van der Waals surface area contributed by atoms with E-state index in [1.807, 2.05) is 36.5 Å². The highest BCUT2D eigenvalue weighted by molar-refractivity contribution is 14.0. The minimum absolute atomic E-state index is 0. The molecular weight excluding hydrogens is 517 g/mol. The lowest BCUT2D eigenvalue weighted by molar-refractivity contribution is 0.513. The first-order valence-corrected chi connectivity index (χ1v) is 10.6. The topological polar surface area (TPSA) is 75.3 Å². The van der Waals surface area contributed by atoms with Crippen molar-refractivity contribution < 1.29 is 4.42 Å². The maximum Gasteiger partial charge on any atom is 0.191 e. The van der Waals surface area contributed by atoms with Gasteiger partial charge in [0.2, 0.25) is 0 Å². The van der Waals surface area contributed by atoms with Crippen molar-refractivity contribution in [2.75, 3.05) is 13.6 Å². The van der Waals surface area contributed by atoms with Crippen molar-refractivity contribution in [3.8, 4) is 10.8 Å². The quantitative estimate of drug-likeness (QED) is 0.208. The number of guanidine groups is 1. The van der Waals surface area contributed by atoms with Gasteiger partial charge in [0.25, 0.3) is 0 Å². The summed E-state index contributed by atoms with van der Waals surface area (Å²) in [5.74, 6) is 2.37. The van der Waals surface area contributed by atoms with Crippen LogP contribution in [0.2, 0.25) is 0 Å². The monoisotopic (exact) mass is 539 g/mol. The number of aliphatic imine (C=N–C) groups is 1. The van der Waals surface area contributed by atoms with Gasteiger partial charge < -0.3 is 15.1 Å². The Morgan fingerprint density at radius 3 is 2.76 bits per heavy atom. The Balaban J connectivity index is 0.00000240. The normalized spacial score (nSPS) is 11.4. The highest BCUT2D eigenvalue weighted by Gasteiger charge is 2.11. The number of nitrogens with zero attached hydrogens (tertiary/aromatic N) is 3. The summed E-state index contributed by atoms with van der Waals surface area (Å²) in [6.45, 7) is 3.41. The van der Waals surface area contributed by atoms with Gasteiger partial charge in [-0.2, -0.15) is 0 Å². The lowest BCUT2D eigenvalue weighted by atomic mass is 10.3. The summed E-state index contributed by atoms with van der Waals surface area (Å²) in [5, 5.41) is 8.62. The predicted octanol–water partition coefficient (Wildman–Crippen LogP) is 4.85. The molecule has 152 valence electrons. The maximum atomic E-state index is 5.97. The first-order valence-electron chi connectivity index (χ1n) is 9.02. The molecule has 0 amide bonds. The fourth-order valence-corrected chi connectivity index (χ4v) is 4.48. The number of hydrogen-bond donors (Lipinski definition) is 2. The van der Waals surface area contributed by atoms with Crippen LogP contribution in [0.15, 0.2) is 52.0 Å². The fraction of sp³-hybridized carbons (Fsp3) is 0.250. The van der Waals surface area contributed by atoms with Gasteiger partial charge in [0.05, 0.1) is 21.8 Å². The molecule has 3 aromatic heterocycles. The van der Waals surface area contributed by atoms with Crippen molar-refractivity contribution in [3.63, 3.8) is 0 Å². The van der Waals surface area contributed by atoms with Crippen molar-refractivity contribution in [1.82, 2.24) is 20.6 Å². The molecule has 0 fully saturated rings. The van der Waals surface area contributed by atoms with Crippen LogP contribution in [-0.2, 0) is 13.0 Å². The minimum Gasteiger partial charge on any atom is -0.457 e. The zero-order chi connectivity index (χ0) is 19.3. The Morgan fingerprint density at radius 1 is 1.14 bits per heavy atom. The first kappa shape index (κ1) is 21.7. The Kier molecular flexibility index (Phi) is 7.62. The van der Waals surface area contributed by atoms with Crippen molar-refractivity contribution in [1.29, 1.82) is 0 Å². The van der Waals surface area contributed by atoms with Gasteiger partial charge in [-0.05, 0) is 31.2 Å². The van der Waals surface area contributed by atoms with Crippen LogP contribution in [0.3, 0.4) is 0 Å². The van der Waals surface area contributed by atoms with Crippen LogP contribution >= 0.6 is 46.7 Å². The summed E-state index contributed by atoms with van der Waals surface area (Å²) in [4.78, 5) is 14.5. The third kappa shape index (κ3) is 5.55. The average molecular weight is 539 g/mol. The molecule has 0 unspecified atom stereocenters. The Labute approximate surface area is 194 Å². The van der Waals surface area contributed by atoms with Gasteiger partial charge in [-0.25, -0.2) is 9.97 Å². The van der Waals surface area contributed by atoms with Crippen molar-refractivity contribution in [3.05, 3.63) is 58.2 Å². The Morgan fingerprint density at radius 2 is 2.00 bits per heavy atom. The number of furan rings is 1. The number of rotatable bonds is 6. The third-order valence-corrected chi connectivity index (χ3v) is 6.14. The number of para-hydroxylation sites is 1. The van der Waals surface area contributed by atoms with Crippen molar-refractivity contribution in [2.45, 2.75) is 19.9 Å². The van der Waals surface area contributed by atoms with E-state index in [1.54, 1.807) is 29.7 Å². The van der Waals surface area contributed by atoms with E-state index in [0.29, 0.717) is 6.54 Å². The summed E-state index contributed by atoms with van der Waals surface area (Å²) in [6, 6.07) is 12.1. The van der Waals surface area contributed by atoms with Gasteiger partial charge in [0.15, 0.2) is 16.7 Å². The molecule has 9 heteroatoms. The highest BCUT2D eigenvalue weighted by atomic mass is 127. The van der Waals surface area contributed by atoms with E-state index in [1.165, 1.54) is 4.88 Å². The van der Waals surface area contributed by atoms with Crippen LogP contribution < -0.4 is 10.6 Å². The lowest BCUT2D eigenvalue weighted by Crippen LogP contribution is -2.37. The SMILES string of the molecule is CN=C(NCCc1ncc(C)s1)NCc1ccc(-c2nc3ccccc3s2)o1.I. The van der Waals surface area contributed by atoms with Gasteiger partial charge in [-0.3, -0.25) is 4.99 Å². The summed E-state index contributed by atoms with van der Waals surface area (Å²) < 4.78 is 7.13. The average Bonchev–Trinajstić information content (AvgIpc) is 3.43. The second-order valence-electron chi connectivity index (χ2n) is 6.22. The molecule has 0 aliphatic carbocycles. The number of benzene rings is 1. The van der Waals surface area contributed by atoms with E-state index in [9.17, 15) is 0 Å². The Hall–Kier alpha value is -1.98. The van der Waals surface area contributed by atoms with Gasteiger partial charge >= 0.3 is 0 Å². The van der Waals surface area contributed by atoms with Crippen LogP contribution in [0.4, 0.5) is 0 Å². The summed E-state index contributed by atoms with van der Waals surface area (Å²) in [6.07, 6.45) is 2.79. The van der Waals surface area contributed by atoms with Gasteiger partial charge in [0, 0.05) is 31.1 Å². The number of hydrogen-bond acceptors (Lipinski definition) is 6. The molecule has 4 rings (SSSR count). The summed E-state index contributed by atoms with van der Waals surface area (Å²) in [5.41, 5.74) is 0.999. The van der Waals surface area contributed by atoms with Crippen LogP contribution in [0, 0.1) is 6.92 Å². The lowest BCUT2D eigenvalue weighted by Gasteiger charge is -2.10. The predicted molar refractivity (Wildman–Crippen MR) is 131 cm³/mol. The van der Waals surface area contributed by atoms with Gasteiger partial charge in [-0.1, -0.05) is 12.1 Å². The molecular formula is C20H22IN5OS2. The van der Waals surface area contributed by atoms with Gasteiger partial charge in [-0.15, -0.1) is 46.7 Å². The smallest absolute Gasteiger partial charge is 0.191 e. The molecule has 0 atom stereocenters. The molecule has 4 aromatic rings. The standard InChI is InChI=1S/C20H21N5OS2.HI/c1-13-11-23-18(27-13)9-10-22-20(21-2)24-12-14-7-8-16(26-14)19-25-15-5-3-4-6-17(15)28-19;/h3-8,11H,9-10,12H2,1-2H3,(H2,21,22,24);1H. The summed E-state index contributed by atoms with van der Waals surface area (Å²) >= 11 is 3.36. The number of thiazole rings is 2. The molecule has 1 aromatic carbocycles. The Bertz CT molecular complexity index is 1070. The third-order valence-electron chi connectivity index (χ3n) is 4.12. The molecule has 0 spiro atoms. The van der Waals surface area contributed by atoms with Crippen LogP contribution in [0.1, 0.15) is 15.6 Å². The molecule has 3 heterocycles. The van der Waals surface area contributed by atoms with E-state index in [4.69, 9.17) is 4.42 Å². The molecule has 0 bridgehead atoms. The fourth-order valence-electron chi connectivity index (χ4n) is 2.76. The molecule has 0 saturated heterocycles. The number of halogens is 1. The highest BCUT2D eigenvalue weighted by Crippen LogP contribution is 2.31. The van der Waals surface area contributed by atoms with E-state index in [0.717, 1.165) is 50.7 Å². The number of aromatic nitrogens is 2. The maximum absolute atomic E-state index is 5.97. The zero-order valence-corrected chi connectivity index (χ0v) is 20.1. The van der Waals surface area contributed by atoms with Crippen LogP contribution in [0.25, 0.3) is 21.0 Å². The molecule has 6 nitrogen and oxygen atoms in total. The van der Waals surface area contributed by atoms with E-state index in [-0.39, 0.29) is 24.0 Å². The zero-order valence-electron chi connectivity index (χ0n) is 16.1. The molecule has 0 aliphatic heterocycles. The van der Waals surface area contributed by atoms with E-state index >= 15 is 0 Å². The minimum atomic E-state index is 0. The molecule has 29 heavy (non-hydrogen) atoms. The number of nitrogens with one attached hydrogen (secondary N) is 2. The second kappa shape index (κ2) is 10.2. The molecule has 0 aliphatic rings. The van der Waals surface area contributed by atoms with Crippen LogP contribution in [-0.4, -0.2) is 29.5 Å². The number of fused-ring (bicyclic) bond motifs is 1. The van der Waals surface area contributed by atoms with Gasteiger partial charge in [0.1, 0.15) is 5.76 Å². The molecule has 2 N–H and O–H groups in total. The first-order chi connectivity index (χ1) is 13.7. The van der Waals surface area contributed by atoms with E-state index < -0.39 is 0 Å². The summed E-state index contributed by atoms with van der Waals surface area (Å²) in [7, 11) is 1.76. The largest absolute Gasteiger partial charge is 0.457 e. The van der Waals surface area contributed by atoms with Crippen molar-refractivity contribution in [2.24, 2.45) is 4.99 Å². The molecule has 0 radical (unpaired) electrons. The van der Waals surface area contributed by atoms with E-state index in [2.05, 4.69) is 38.6 Å².